The molecule has 3 heterocycles. The Morgan fingerprint density at radius 2 is 2.00 bits per heavy atom. The molecule has 0 aromatic carbocycles. The highest BCUT2D eigenvalue weighted by atomic mass is 32.2. The Morgan fingerprint density at radius 3 is 2.64 bits per heavy atom. The summed E-state index contributed by atoms with van der Waals surface area (Å²) >= 11 is 1.30. The predicted molar refractivity (Wildman–Crippen MR) is 106 cm³/mol. The van der Waals surface area contributed by atoms with Crippen LogP contribution in [0.15, 0.2) is 0 Å². The lowest BCUT2D eigenvalue weighted by atomic mass is 10.1. The molecule has 1 fully saturated rings. The predicted octanol–water partition coefficient (Wildman–Crippen LogP) is 1.66. The summed E-state index contributed by atoms with van der Waals surface area (Å²) in [6, 6.07) is 0. The number of carbonyl (C=O) groups is 2. The van der Waals surface area contributed by atoms with E-state index >= 15 is 0 Å². The molecule has 2 aliphatic heterocycles. The van der Waals surface area contributed by atoms with Gasteiger partial charge in [-0.1, -0.05) is 0 Å². The molecule has 2 aliphatic rings. The monoisotopic (exact) mass is 430 g/mol. The molecule has 9 nitrogen and oxygen atoms in total. The molecule has 11 heteroatoms. The van der Waals surface area contributed by atoms with Gasteiger partial charge in [-0.3, -0.25) is 4.79 Å². The minimum absolute atomic E-state index is 0.183. The first-order valence-electron chi connectivity index (χ1n) is 9.15. The van der Waals surface area contributed by atoms with Crippen LogP contribution in [0.3, 0.4) is 0 Å². The summed E-state index contributed by atoms with van der Waals surface area (Å²) in [4.78, 5) is 31.6. The first-order chi connectivity index (χ1) is 12.9. The van der Waals surface area contributed by atoms with Gasteiger partial charge in [0.1, 0.15) is 5.60 Å². The van der Waals surface area contributed by atoms with Crippen LogP contribution in [0.5, 0.6) is 0 Å². The summed E-state index contributed by atoms with van der Waals surface area (Å²) in [5.41, 5.74) is 0.263. The maximum atomic E-state index is 12.6. The van der Waals surface area contributed by atoms with E-state index in [1.807, 2.05) is 0 Å². The molecule has 1 atom stereocenters. The third kappa shape index (κ3) is 5.00. The number of rotatable bonds is 3. The molecule has 1 unspecified atom stereocenters. The molecule has 28 heavy (non-hydrogen) atoms. The van der Waals surface area contributed by atoms with E-state index in [1.165, 1.54) is 21.9 Å². The van der Waals surface area contributed by atoms with Gasteiger partial charge >= 0.3 is 6.09 Å². The molecule has 0 aliphatic carbocycles. The van der Waals surface area contributed by atoms with Crippen molar-refractivity contribution in [3.8, 4) is 0 Å². The zero-order valence-corrected chi connectivity index (χ0v) is 18.2. The Balaban J connectivity index is 1.58. The molecule has 1 saturated heterocycles. The molecule has 1 aromatic rings. The molecule has 3 rings (SSSR count). The summed E-state index contributed by atoms with van der Waals surface area (Å²) in [6.07, 6.45) is 1.88. The van der Waals surface area contributed by atoms with Crippen molar-refractivity contribution in [2.75, 3.05) is 31.2 Å². The summed E-state index contributed by atoms with van der Waals surface area (Å²) in [5, 5.41) is 3.30. The number of amides is 2. The van der Waals surface area contributed by atoms with Crippen molar-refractivity contribution in [3.05, 3.63) is 10.6 Å². The van der Waals surface area contributed by atoms with Crippen LogP contribution in [0.25, 0.3) is 0 Å². The van der Waals surface area contributed by atoms with Gasteiger partial charge in [0.2, 0.25) is 15.9 Å². The van der Waals surface area contributed by atoms with Gasteiger partial charge < -0.3 is 15.0 Å². The van der Waals surface area contributed by atoms with Crippen LogP contribution in [0.2, 0.25) is 0 Å². The molecular formula is C17H26N4O5S2. The Bertz CT molecular complexity index is 875. The molecule has 0 radical (unpaired) electrons. The van der Waals surface area contributed by atoms with E-state index in [-0.39, 0.29) is 18.4 Å². The minimum atomic E-state index is -3.25. The number of sulfonamides is 1. The largest absolute Gasteiger partial charge is 0.444 e. The minimum Gasteiger partial charge on any atom is -0.444 e. The van der Waals surface area contributed by atoms with Gasteiger partial charge in [0.15, 0.2) is 5.13 Å². The van der Waals surface area contributed by atoms with Crippen LogP contribution >= 0.6 is 11.3 Å². The molecule has 2 amide bonds. The van der Waals surface area contributed by atoms with Crippen molar-refractivity contribution in [1.29, 1.82) is 0 Å². The number of nitrogens with zero attached hydrogens (tertiary/aromatic N) is 3. The molecule has 0 spiro atoms. The number of hydrogen-bond acceptors (Lipinski definition) is 7. The van der Waals surface area contributed by atoms with Gasteiger partial charge in [-0.2, -0.15) is 4.31 Å². The van der Waals surface area contributed by atoms with Crippen LogP contribution < -0.4 is 5.32 Å². The molecule has 1 N–H and O–H groups in total. The summed E-state index contributed by atoms with van der Waals surface area (Å²) in [6.45, 7) is 6.90. The lowest BCUT2D eigenvalue weighted by Gasteiger charge is -2.24. The van der Waals surface area contributed by atoms with E-state index < -0.39 is 21.7 Å². The fourth-order valence-corrected chi connectivity index (χ4v) is 5.08. The first-order valence-corrected chi connectivity index (χ1v) is 11.8. The second-order valence-corrected chi connectivity index (χ2v) is 11.2. The lowest BCUT2D eigenvalue weighted by Crippen LogP contribution is -2.36. The van der Waals surface area contributed by atoms with Crippen LogP contribution in [0.1, 0.15) is 37.8 Å². The van der Waals surface area contributed by atoms with Crippen molar-refractivity contribution in [2.45, 2.75) is 45.8 Å². The van der Waals surface area contributed by atoms with Crippen LogP contribution in [0.4, 0.5) is 9.93 Å². The number of nitrogens with one attached hydrogen (secondary N) is 1. The van der Waals surface area contributed by atoms with Crippen LogP contribution in [-0.4, -0.2) is 66.1 Å². The van der Waals surface area contributed by atoms with Crippen molar-refractivity contribution in [3.63, 3.8) is 0 Å². The van der Waals surface area contributed by atoms with Gasteiger partial charge in [0, 0.05) is 37.5 Å². The van der Waals surface area contributed by atoms with E-state index in [1.54, 1.807) is 25.7 Å². The SMILES string of the molecule is CC(C)(C)OC(=O)N1CCC(C(=O)Nc2nc3c(s2)CN(S(C)(=O)=O)CC3)C1. The van der Waals surface area contributed by atoms with Crippen molar-refractivity contribution < 1.29 is 22.7 Å². The van der Waals surface area contributed by atoms with Gasteiger partial charge in [0.05, 0.1) is 17.9 Å². The number of aromatic nitrogens is 1. The summed E-state index contributed by atoms with van der Waals surface area (Å²) in [7, 11) is -3.25. The standard InChI is InChI=1S/C17H26N4O5S2/c1-17(2,3)26-16(23)20-7-5-11(9-20)14(22)19-15-18-12-6-8-21(28(4,24)25)10-13(12)27-15/h11H,5-10H2,1-4H3,(H,18,19,22). The maximum absolute atomic E-state index is 12.6. The molecule has 156 valence electrons. The third-order valence-corrected chi connectivity index (χ3v) is 6.85. The van der Waals surface area contributed by atoms with Crippen molar-refractivity contribution in [2.24, 2.45) is 5.92 Å². The topological polar surface area (TPSA) is 109 Å². The fourth-order valence-electron chi connectivity index (χ4n) is 3.18. The normalized spacial score (nSPS) is 20.7. The van der Waals surface area contributed by atoms with E-state index in [9.17, 15) is 18.0 Å². The molecule has 0 bridgehead atoms. The zero-order chi connectivity index (χ0) is 20.7. The number of ether oxygens (including phenoxy) is 1. The Kier molecular flexibility index (Phi) is 5.70. The van der Waals surface area contributed by atoms with E-state index in [2.05, 4.69) is 10.3 Å². The number of thiazole rings is 1. The maximum Gasteiger partial charge on any atom is 0.410 e. The highest BCUT2D eigenvalue weighted by Gasteiger charge is 2.34. The smallest absolute Gasteiger partial charge is 0.410 e. The zero-order valence-electron chi connectivity index (χ0n) is 16.5. The number of likely N-dealkylation sites (tertiary alicyclic amines) is 1. The first kappa shape index (κ1) is 21.0. The van der Waals surface area contributed by atoms with Gasteiger partial charge in [0.25, 0.3) is 0 Å². The van der Waals surface area contributed by atoms with E-state index in [0.29, 0.717) is 37.6 Å². The number of hydrogen-bond donors (Lipinski definition) is 1. The second kappa shape index (κ2) is 7.60. The average molecular weight is 431 g/mol. The van der Waals surface area contributed by atoms with E-state index in [4.69, 9.17) is 4.74 Å². The Morgan fingerprint density at radius 1 is 1.29 bits per heavy atom. The molecule has 1 aromatic heterocycles. The third-order valence-electron chi connectivity index (χ3n) is 4.61. The number of fused-ring (bicyclic) bond motifs is 1. The van der Waals surface area contributed by atoms with Crippen molar-refractivity contribution in [1.82, 2.24) is 14.2 Å². The summed E-state index contributed by atoms with van der Waals surface area (Å²) in [5.74, 6) is -0.502. The molecule has 0 saturated carbocycles. The fraction of sp³-hybridized carbons (Fsp3) is 0.706. The second-order valence-electron chi connectivity index (χ2n) is 8.14. The highest BCUT2D eigenvalue weighted by molar-refractivity contribution is 7.88. The van der Waals surface area contributed by atoms with Crippen LogP contribution in [-0.2, 0) is 32.5 Å². The van der Waals surface area contributed by atoms with E-state index in [0.717, 1.165) is 10.6 Å². The number of anilines is 1. The summed E-state index contributed by atoms with van der Waals surface area (Å²) < 4.78 is 30.2. The molecular weight excluding hydrogens is 404 g/mol. The Labute approximate surface area is 169 Å². The number of carbonyl (C=O) groups excluding carboxylic acids is 2. The quantitative estimate of drug-likeness (QED) is 0.781. The Hall–Kier alpha value is -1.72. The van der Waals surface area contributed by atoms with Gasteiger partial charge in [-0.25, -0.2) is 18.2 Å². The van der Waals surface area contributed by atoms with Crippen LogP contribution in [0, 0.1) is 5.92 Å². The average Bonchev–Trinajstić information content (AvgIpc) is 3.18. The van der Waals surface area contributed by atoms with Crippen molar-refractivity contribution >= 4 is 38.5 Å². The van der Waals surface area contributed by atoms with Gasteiger partial charge in [-0.05, 0) is 27.2 Å². The van der Waals surface area contributed by atoms with Gasteiger partial charge in [-0.15, -0.1) is 11.3 Å². The lowest BCUT2D eigenvalue weighted by molar-refractivity contribution is -0.119. The highest BCUT2D eigenvalue weighted by Crippen LogP contribution is 2.30.